The maximum Gasteiger partial charge on any atom is 0.203 e. The van der Waals surface area contributed by atoms with Gasteiger partial charge in [0.05, 0.1) is 11.8 Å². The van der Waals surface area contributed by atoms with Crippen molar-refractivity contribution in [1.29, 1.82) is 0 Å². The minimum Gasteiger partial charge on any atom is -0.376 e. The van der Waals surface area contributed by atoms with E-state index in [2.05, 4.69) is 28.0 Å². The molecule has 2 rings (SSSR count). The van der Waals surface area contributed by atoms with Crippen LogP contribution < -0.4 is 5.32 Å². The fraction of sp³-hybridized carbons (Fsp3) is 0.750. The van der Waals surface area contributed by atoms with Crippen molar-refractivity contribution in [2.75, 3.05) is 18.5 Å². The number of rotatable bonds is 4. The molecule has 2 heterocycles. The molecule has 1 saturated heterocycles. The molecule has 1 aromatic heterocycles. The third kappa shape index (κ3) is 2.76. The molecule has 1 aromatic rings. The minimum atomic E-state index is 0.357. The fourth-order valence-corrected chi connectivity index (χ4v) is 2.10. The lowest BCUT2D eigenvalue weighted by molar-refractivity contribution is 0.0246. The largest absolute Gasteiger partial charge is 0.376 e. The van der Waals surface area contributed by atoms with Crippen LogP contribution in [0.2, 0.25) is 0 Å². The average Bonchev–Trinajstić information content (AvgIpc) is 2.68. The Kier molecular flexibility index (Phi) is 3.83. The van der Waals surface area contributed by atoms with Gasteiger partial charge in [0.1, 0.15) is 0 Å². The Morgan fingerprint density at radius 2 is 2.44 bits per heavy atom. The zero-order valence-electron chi connectivity index (χ0n) is 10.2. The number of nitrogens with zero attached hydrogens (tertiary/aromatic N) is 2. The fourth-order valence-electron chi connectivity index (χ4n) is 2.10. The lowest BCUT2D eigenvalue weighted by atomic mass is 10.1. The summed E-state index contributed by atoms with van der Waals surface area (Å²) in [6, 6.07) is 0. The number of nitrogens with one attached hydrogen (secondary N) is 1. The molecule has 4 heteroatoms. The molecule has 0 amide bonds. The van der Waals surface area contributed by atoms with E-state index >= 15 is 0 Å². The van der Waals surface area contributed by atoms with Crippen LogP contribution in [0.3, 0.4) is 0 Å². The normalized spacial score (nSPS) is 21.0. The topological polar surface area (TPSA) is 39.1 Å². The van der Waals surface area contributed by atoms with Crippen molar-refractivity contribution in [3.05, 3.63) is 11.9 Å². The second-order valence-electron chi connectivity index (χ2n) is 4.36. The second kappa shape index (κ2) is 5.34. The Labute approximate surface area is 97.0 Å². The summed E-state index contributed by atoms with van der Waals surface area (Å²) >= 11 is 0. The number of hydrogen-bond acceptors (Lipinski definition) is 3. The summed E-state index contributed by atoms with van der Waals surface area (Å²) in [6.07, 6.45) is 6.09. The number of aryl methyl sites for hydroxylation is 2. The van der Waals surface area contributed by atoms with Crippen LogP contribution in [0.5, 0.6) is 0 Å². The third-order valence-corrected chi connectivity index (χ3v) is 3.00. The number of imidazole rings is 1. The molecule has 0 aliphatic carbocycles. The smallest absolute Gasteiger partial charge is 0.203 e. The monoisotopic (exact) mass is 223 g/mol. The van der Waals surface area contributed by atoms with Crippen LogP contribution in [0.1, 0.15) is 31.9 Å². The van der Waals surface area contributed by atoms with Crippen molar-refractivity contribution in [1.82, 2.24) is 9.55 Å². The molecule has 0 aromatic carbocycles. The first-order valence-corrected chi connectivity index (χ1v) is 6.19. The Balaban J connectivity index is 1.87. The van der Waals surface area contributed by atoms with E-state index in [1.165, 1.54) is 19.3 Å². The molecule has 1 N–H and O–H groups in total. The summed E-state index contributed by atoms with van der Waals surface area (Å²) in [6.45, 7) is 6.89. The van der Waals surface area contributed by atoms with E-state index < -0.39 is 0 Å². The van der Waals surface area contributed by atoms with Gasteiger partial charge in [-0.05, 0) is 33.1 Å². The first-order chi connectivity index (χ1) is 7.79. The van der Waals surface area contributed by atoms with E-state index in [-0.39, 0.29) is 0 Å². The van der Waals surface area contributed by atoms with Crippen molar-refractivity contribution in [3.63, 3.8) is 0 Å². The highest BCUT2D eigenvalue weighted by Crippen LogP contribution is 2.14. The molecule has 0 bridgehead atoms. The lowest BCUT2D eigenvalue weighted by Gasteiger charge is -2.23. The first-order valence-electron chi connectivity index (χ1n) is 6.19. The molecule has 1 aliphatic heterocycles. The molecular weight excluding hydrogens is 202 g/mol. The SMILES string of the molecule is CCn1cc(C)nc1NCC1CCCCO1. The number of aromatic nitrogens is 2. The molecule has 4 nitrogen and oxygen atoms in total. The van der Waals surface area contributed by atoms with Gasteiger partial charge in [0, 0.05) is 25.9 Å². The molecule has 90 valence electrons. The van der Waals surface area contributed by atoms with Crippen molar-refractivity contribution in [2.24, 2.45) is 0 Å². The van der Waals surface area contributed by atoms with Gasteiger partial charge >= 0.3 is 0 Å². The van der Waals surface area contributed by atoms with Crippen molar-refractivity contribution in [2.45, 2.75) is 45.8 Å². The van der Waals surface area contributed by atoms with E-state index in [4.69, 9.17) is 4.74 Å². The minimum absolute atomic E-state index is 0.357. The summed E-state index contributed by atoms with van der Waals surface area (Å²) in [5.74, 6) is 0.967. The summed E-state index contributed by atoms with van der Waals surface area (Å²) in [7, 11) is 0. The van der Waals surface area contributed by atoms with Crippen LogP contribution in [0, 0.1) is 6.92 Å². The van der Waals surface area contributed by atoms with Gasteiger partial charge in [0.15, 0.2) is 0 Å². The lowest BCUT2D eigenvalue weighted by Crippen LogP contribution is -2.27. The molecule has 1 unspecified atom stereocenters. The van der Waals surface area contributed by atoms with Gasteiger partial charge in [0.25, 0.3) is 0 Å². The highest BCUT2D eigenvalue weighted by Gasteiger charge is 2.14. The van der Waals surface area contributed by atoms with Crippen molar-refractivity contribution >= 4 is 5.95 Å². The molecule has 1 atom stereocenters. The van der Waals surface area contributed by atoms with Crippen molar-refractivity contribution < 1.29 is 4.74 Å². The molecule has 0 saturated carbocycles. The second-order valence-corrected chi connectivity index (χ2v) is 4.36. The summed E-state index contributed by atoms with van der Waals surface area (Å²) < 4.78 is 7.82. The molecule has 1 fully saturated rings. The van der Waals surface area contributed by atoms with Gasteiger partial charge in [-0.2, -0.15) is 0 Å². The molecular formula is C12H21N3O. The standard InChI is InChI=1S/C12H21N3O/c1-3-15-9-10(2)14-12(15)13-8-11-6-4-5-7-16-11/h9,11H,3-8H2,1-2H3,(H,13,14). The van der Waals surface area contributed by atoms with Gasteiger partial charge in [-0.1, -0.05) is 0 Å². The van der Waals surface area contributed by atoms with E-state index in [1.54, 1.807) is 0 Å². The Morgan fingerprint density at radius 1 is 1.56 bits per heavy atom. The maximum atomic E-state index is 5.68. The zero-order valence-corrected chi connectivity index (χ0v) is 10.2. The Morgan fingerprint density at radius 3 is 3.12 bits per heavy atom. The van der Waals surface area contributed by atoms with Crippen LogP contribution in [-0.2, 0) is 11.3 Å². The van der Waals surface area contributed by atoms with Crippen LogP contribution in [-0.4, -0.2) is 28.8 Å². The van der Waals surface area contributed by atoms with Crippen LogP contribution in [0.25, 0.3) is 0 Å². The number of ether oxygens (including phenoxy) is 1. The van der Waals surface area contributed by atoms with Gasteiger partial charge in [-0.25, -0.2) is 4.98 Å². The van der Waals surface area contributed by atoms with Crippen LogP contribution in [0.4, 0.5) is 5.95 Å². The number of hydrogen-bond donors (Lipinski definition) is 1. The first kappa shape index (κ1) is 11.5. The molecule has 0 radical (unpaired) electrons. The van der Waals surface area contributed by atoms with Crippen LogP contribution in [0.15, 0.2) is 6.20 Å². The molecule has 0 spiro atoms. The van der Waals surface area contributed by atoms with E-state index in [9.17, 15) is 0 Å². The van der Waals surface area contributed by atoms with Gasteiger partial charge in [-0.3, -0.25) is 0 Å². The Bertz CT molecular complexity index is 329. The highest BCUT2D eigenvalue weighted by molar-refractivity contribution is 5.28. The third-order valence-electron chi connectivity index (χ3n) is 3.00. The van der Waals surface area contributed by atoms with E-state index in [0.29, 0.717) is 6.10 Å². The summed E-state index contributed by atoms with van der Waals surface area (Å²) in [4.78, 5) is 4.46. The zero-order chi connectivity index (χ0) is 11.4. The highest BCUT2D eigenvalue weighted by atomic mass is 16.5. The average molecular weight is 223 g/mol. The predicted molar refractivity (Wildman–Crippen MR) is 64.7 cm³/mol. The maximum absolute atomic E-state index is 5.68. The molecule has 16 heavy (non-hydrogen) atoms. The summed E-state index contributed by atoms with van der Waals surface area (Å²) in [5, 5.41) is 3.38. The molecule has 1 aliphatic rings. The predicted octanol–water partition coefficient (Wildman–Crippen LogP) is 2.19. The van der Waals surface area contributed by atoms with Gasteiger partial charge in [-0.15, -0.1) is 0 Å². The van der Waals surface area contributed by atoms with Crippen molar-refractivity contribution in [3.8, 4) is 0 Å². The Hall–Kier alpha value is -1.03. The van der Waals surface area contributed by atoms with Gasteiger partial charge < -0.3 is 14.6 Å². The van der Waals surface area contributed by atoms with E-state index in [0.717, 1.165) is 31.3 Å². The number of anilines is 1. The van der Waals surface area contributed by atoms with Crippen LogP contribution >= 0.6 is 0 Å². The summed E-state index contributed by atoms with van der Waals surface area (Å²) in [5.41, 5.74) is 1.06. The quantitative estimate of drug-likeness (QED) is 0.850. The van der Waals surface area contributed by atoms with Gasteiger partial charge in [0.2, 0.25) is 5.95 Å². The van der Waals surface area contributed by atoms with E-state index in [1.807, 2.05) is 6.92 Å².